The van der Waals surface area contributed by atoms with Crippen LogP contribution in [0.25, 0.3) is 0 Å². The Hall–Kier alpha value is -1.63. The fourth-order valence-electron chi connectivity index (χ4n) is 1.87. The van der Waals surface area contributed by atoms with Crippen LogP contribution in [-0.4, -0.2) is 62.6 Å². The van der Waals surface area contributed by atoms with E-state index in [-0.39, 0.29) is 31.4 Å². The number of carbonyl (C=O) groups is 3. The second-order valence-corrected chi connectivity index (χ2v) is 4.26. The molecule has 1 N–H and O–H groups in total. The molecule has 0 aromatic carbocycles. The Bertz CT molecular complexity index is 345. The van der Waals surface area contributed by atoms with Crippen molar-refractivity contribution in [2.75, 3.05) is 40.0 Å². The van der Waals surface area contributed by atoms with Gasteiger partial charge in [0, 0.05) is 26.6 Å². The Morgan fingerprint density at radius 1 is 1.47 bits per heavy atom. The van der Waals surface area contributed by atoms with Crippen molar-refractivity contribution in [3.05, 3.63) is 0 Å². The molecule has 1 saturated heterocycles. The average molecular weight is 272 g/mol. The minimum absolute atomic E-state index is 0.110. The van der Waals surface area contributed by atoms with E-state index in [0.29, 0.717) is 19.7 Å². The van der Waals surface area contributed by atoms with Gasteiger partial charge in [-0.1, -0.05) is 0 Å². The lowest BCUT2D eigenvalue weighted by molar-refractivity contribution is -0.150. The summed E-state index contributed by atoms with van der Waals surface area (Å²) in [6.45, 7) is 2.83. The van der Waals surface area contributed by atoms with Crippen LogP contribution in [0.3, 0.4) is 0 Å². The van der Waals surface area contributed by atoms with Crippen LogP contribution >= 0.6 is 0 Å². The van der Waals surface area contributed by atoms with Gasteiger partial charge in [0.1, 0.15) is 6.54 Å². The lowest BCUT2D eigenvalue weighted by Crippen LogP contribution is -2.42. The van der Waals surface area contributed by atoms with Crippen molar-refractivity contribution in [2.45, 2.75) is 13.3 Å². The van der Waals surface area contributed by atoms with Gasteiger partial charge in [-0.25, -0.2) is 0 Å². The van der Waals surface area contributed by atoms with E-state index >= 15 is 0 Å². The number of esters is 1. The highest BCUT2D eigenvalue weighted by Gasteiger charge is 2.32. The number of hydrogen-bond donors (Lipinski definition) is 1. The van der Waals surface area contributed by atoms with Crippen LogP contribution in [0.1, 0.15) is 13.3 Å². The summed E-state index contributed by atoms with van der Waals surface area (Å²) in [5.74, 6) is -1.22. The van der Waals surface area contributed by atoms with Crippen molar-refractivity contribution >= 4 is 17.8 Å². The number of amides is 2. The summed E-state index contributed by atoms with van der Waals surface area (Å²) < 4.78 is 9.75. The van der Waals surface area contributed by atoms with Crippen molar-refractivity contribution < 1.29 is 23.9 Å². The Morgan fingerprint density at radius 3 is 2.74 bits per heavy atom. The molecule has 1 aliphatic rings. The number of rotatable bonds is 7. The molecule has 1 atom stereocenters. The van der Waals surface area contributed by atoms with Crippen LogP contribution in [0, 0.1) is 5.92 Å². The van der Waals surface area contributed by atoms with Crippen LogP contribution in [-0.2, 0) is 23.9 Å². The number of carbonyl (C=O) groups excluding carboxylic acids is 3. The molecule has 0 aromatic rings. The van der Waals surface area contributed by atoms with Gasteiger partial charge >= 0.3 is 5.97 Å². The standard InChI is InChI=1S/C12H20N2O5/c1-3-19-11(16)8-14(4-5-18-2)12(17)9-6-10(15)13-7-9/h9H,3-8H2,1-2H3,(H,13,15). The highest BCUT2D eigenvalue weighted by Crippen LogP contribution is 2.12. The molecule has 0 saturated carbocycles. The monoisotopic (exact) mass is 272 g/mol. The number of methoxy groups -OCH3 is 1. The third kappa shape index (κ3) is 4.86. The summed E-state index contributed by atoms with van der Waals surface area (Å²) in [6, 6.07) is 0. The number of ether oxygens (including phenoxy) is 2. The first-order chi connectivity index (χ1) is 9.08. The highest BCUT2D eigenvalue weighted by atomic mass is 16.5. The number of nitrogens with zero attached hydrogens (tertiary/aromatic N) is 1. The molecule has 108 valence electrons. The Kier molecular flexibility index (Phi) is 6.27. The van der Waals surface area contributed by atoms with Crippen molar-refractivity contribution in [1.29, 1.82) is 0 Å². The number of nitrogens with one attached hydrogen (secondary N) is 1. The molecule has 7 nitrogen and oxygen atoms in total. The van der Waals surface area contributed by atoms with Crippen LogP contribution in [0.15, 0.2) is 0 Å². The maximum atomic E-state index is 12.2. The lowest BCUT2D eigenvalue weighted by atomic mass is 10.1. The summed E-state index contributed by atoms with van der Waals surface area (Å²) in [5.41, 5.74) is 0. The first kappa shape index (κ1) is 15.4. The van der Waals surface area contributed by atoms with Crippen LogP contribution in [0.4, 0.5) is 0 Å². The molecule has 0 aromatic heterocycles. The predicted octanol–water partition coefficient (Wildman–Crippen LogP) is -0.839. The Balaban J connectivity index is 2.58. The first-order valence-corrected chi connectivity index (χ1v) is 6.28. The van der Waals surface area contributed by atoms with E-state index in [1.54, 1.807) is 6.92 Å². The van der Waals surface area contributed by atoms with Crippen molar-refractivity contribution in [2.24, 2.45) is 5.92 Å². The number of hydrogen-bond acceptors (Lipinski definition) is 5. The maximum Gasteiger partial charge on any atom is 0.325 e. The zero-order valence-electron chi connectivity index (χ0n) is 11.3. The third-order valence-corrected chi connectivity index (χ3v) is 2.83. The summed E-state index contributed by atoms with van der Waals surface area (Å²) in [7, 11) is 1.52. The van der Waals surface area contributed by atoms with Gasteiger partial charge < -0.3 is 19.7 Å². The van der Waals surface area contributed by atoms with E-state index in [1.165, 1.54) is 12.0 Å². The van der Waals surface area contributed by atoms with E-state index < -0.39 is 11.9 Å². The third-order valence-electron chi connectivity index (χ3n) is 2.83. The SMILES string of the molecule is CCOC(=O)CN(CCOC)C(=O)C1CNC(=O)C1. The predicted molar refractivity (Wildman–Crippen MR) is 66.2 cm³/mol. The van der Waals surface area contributed by atoms with Gasteiger partial charge in [-0.15, -0.1) is 0 Å². The molecule has 2 amide bonds. The molecule has 7 heteroatoms. The van der Waals surface area contributed by atoms with E-state index in [9.17, 15) is 14.4 Å². The quantitative estimate of drug-likeness (QED) is 0.611. The molecule has 19 heavy (non-hydrogen) atoms. The molecule has 1 rings (SSSR count). The maximum absolute atomic E-state index is 12.2. The van der Waals surface area contributed by atoms with Gasteiger partial charge in [0.05, 0.1) is 19.1 Å². The fourth-order valence-corrected chi connectivity index (χ4v) is 1.87. The molecule has 0 bridgehead atoms. The van der Waals surface area contributed by atoms with Gasteiger partial charge in [0.15, 0.2) is 0 Å². The van der Waals surface area contributed by atoms with Crippen molar-refractivity contribution in [3.63, 3.8) is 0 Å². The van der Waals surface area contributed by atoms with Gasteiger partial charge in [-0.05, 0) is 6.92 Å². The summed E-state index contributed by atoms with van der Waals surface area (Å²) in [5, 5.41) is 2.61. The Labute approximate surface area is 112 Å². The average Bonchev–Trinajstić information content (AvgIpc) is 2.80. The van der Waals surface area contributed by atoms with E-state index in [0.717, 1.165) is 0 Å². The Morgan fingerprint density at radius 2 is 2.21 bits per heavy atom. The van der Waals surface area contributed by atoms with E-state index in [1.807, 2.05) is 0 Å². The van der Waals surface area contributed by atoms with Gasteiger partial charge in [0.2, 0.25) is 11.8 Å². The highest BCUT2D eigenvalue weighted by molar-refractivity contribution is 5.90. The molecule has 0 spiro atoms. The van der Waals surface area contributed by atoms with Crippen LogP contribution < -0.4 is 5.32 Å². The molecule has 1 heterocycles. The molecule has 1 fully saturated rings. The molecule has 0 radical (unpaired) electrons. The van der Waals surface area contributed by atoms with Crippen molar-refractivity contribution in [3.8, 4) is 0 Å². The normalized spacial score (nSPS) is 18.0. The fraction of sp³-hybridized carbons (Fsp3) is 0.750. The first-order valence-electron chi connectivity index (χ1n) is 6.28. The van der Waals surface area contributed by atoms with Crippen molar-refractivity contribution in [1.82, 2.24) is 10.2 Å². The molecular formula is C12H20N2O5. The van der Waals surface area contributed by atoms with Gasteiger partial charge in [-0.2, -0.15) is 0 Å². The largest absolute Gasteiger partial charge is 0.465 e. The van der Waals surface area contributed by atoms with E-state index in [4.69, 9.17) is 9.47 Å². The smallest absolute Gasteiger partial charge is 0.325 e. The van der Waals surface area contributed by atoms with E-state index in [2.05, 4.69) is 5.32 Å². The minimum atomic E-state index is -0.454. The summed E-state index contributed by atoms with van der Waals surface area (Å²) in [4.78, 5) is 36.2. The van der Waals surface area contributed by atoms with Crippen LogP contribution in [0.2, 0.25) is 0 Å². The molecule has 1 unspecified atom stereocenters. The van der Waals surface area contributed by atoms with Gasteiger partial charge in [-0.3, -0.25) is 14.4 Å². The summed E-state index contributed by atoms with van der Waals surface area (Å²) in [6.07, 6.45) is 0.172. The zero-order valence-corrected chi connectivity index (χ0v) is 11.3. The lowest BCUT2D eigenvalue weighted by Gasteiger charge is -2.23. The summed E-state index contributed by atoms with van der Waals surface area (Å²) >= 11 is 0. The molecule has 0 aliphatic carbocycles. The van der Waals surface area contributed by atoms with Crippen LogP contribution in [0.5, 0.6) is 0 Å². The second-order valence-electron chi connectivity index (χ2n) is 4.26. The zero-order chi connectivity index (χ0) is 14.3. The minimum Gasteiger partial charge on any atom is -0.465 e. The molecule has 1 aliphatic heterocycles. The second kappa shape index (κ2) is 7.73. The van der Waals surface area contributed by atoms with Gasteiger partial charge in [0.25, 0.3) is 0 Å². The molecular weight excluding hydrogens is 252 g/mol. The topological polar surface area (TPSA) is 84.9 Å².